The molecule has 10 heteroatoms. The summed E-state index contributed by atoms with van der Waals surface area (Å²) in [5.41, 5.74) is 5.13. The van der Waals surface area contributed by atoms with Gasteiger partial charge < -0.3 is 5.32 Å². The number of halogens is 1. The number of amides is 3. The lowest BCUT2D eigenvalue weighted by atomic mass is 10.0. The standard InChI is InChI=1S/C23H24ClN5O4/c1-3-12-29-23(33)18-7-5-4-6-17(18)21(28-29)22(32)27-26-20(31)13-19(25-14(2)30)15-8-10-16(24)11-9-15/h4-11,19H,3,12-13H2,1-2H3,(H,25,30)(H,26,31)(H,27,32). The second-order valence-electron chi connectivity index (χ2n) is 7.43. The molecule has 1 atom stereocenters. The summed E-state index contributed by atoms with van der Waals surface area (Å²) in [7, 11) is 0. The second kappa shape index (κ2) is 10.7. The summed E-state index contributed by atoms with van der Waals surface area (Å²) in [6.07, 6.45) is 0.545. The van der Waals surface area contributed by atoms with E-state index in [4.69, 9.17) is 11.6 Å². The molecule has 3 N–H and O–H groups in total. The lowest BCUT2D eigenvalue weighted by molar-refractivity contribution is -0.123. The van der Waals surface area contributed by atoms with E-state index < -0.39 is 17.9 Å². The molecule has 0 aliphatic heterocycles. The largest absolute Gasteiger partial charge is 0.349 e. The molecular formula is C23H24ClN5O4. The van der Waals surface area contributed by atoms with Crippen molar-refractivity contribution in [1.29, 1.82) is 0 Å². The third-order valence-electron chi connectivity index (χ3n) is 4.87. The first-order valence-corrected chi connectivity index (χ1v) is 10.8. The van der Waals surface area contributed by atoms with Crippen molar-refractivity contribution >= 4 is 40.1 Å². The molecule has 172 valence electrons. The fraction of sp³-hybridized carbons (Fsp3) is 0.261. The number of hydrazine groups is 1. The molecule has 0 aliphatic rings. The van der Waals surface area contributed by atoms with Gasteiger partial charge in [-0.1, -0.05) is 48.9 Å². The highest BCUT2D eigenvalue weighted by Gasteiger charge is 2.20. The number of aromatic nitrogens is 2. The molecule has 3 aromatic rings. The van der Waals surface area contributed by atoms with Crippen LogP contribution in [0.5, 0.6) is 0 Å². The molecule has 0 spiro atoms. The van der Waals surface area contributed by atoms with Gasteiger partial charge in [0, 0.05) is 23.9 Å². The van der Waals surface area contributed by atoms with Gasteiger partial charge in [-0.3, -0.25) is 30.0 Å². The summed E-state index contributed by atoms with van der Waals surface area (Å²) in [5, 5.41) is 8.19. The van der Waals surface area contributed by atoms with Gasteiger partial charge in [0.2, 0.25) is 11.8 Å². The molecule has 0 fully saturated rings. The van der Waals surface area contributed by atoms with Crippen LogP contribution in [0.3, 0.4) is 0 Å². The lowest BCUT2D eigenvalue weighted by Crippen LogP contribution is -2.44. The summed E-state index contributed by atoms with van der Waals surface area (Å²) >= 11 is 5.91. The van der Waals surface area contributed by atoms with Crippen molar-refractivity contribution < 1.29 is 14.4 Å². The normalized spacial score (nSPS) is 11.6. The molecule has 3 amide bonds. The summed E-state index contributed by atoms with van der Waals surface area (Å²) in [6, 6.07) is 12.8. The minimum atomic E-state index is -0.660. The Hall–Kier alpha value is -3.72. The maximum Gasteiger partial charge on any atom is 0.290 e. The first kappa shape index (κ1) is 23.9. The van der Waals surface area contributed by atoms with E-state index >= 15 is 0 Å². The van der Waals surface area contributed by atoms with Crippen molar-refractivity contribution in [3.8, 4) is 0 Å². The molecule has 33 heavy (non-hydrogen) atoms. The Morgan fingerprint density at radius 2 is 1.70 bits per heavy atom. The lowest BCUT2D eigenvalue weighted by Gasteiger charge is -2.18. The van der Waals surface area contributed by atoms with Gasteiger partial charge >= 0.3 is 0 Å². The molecule has 0 saturated carbocycles. The molecule has 0 bridgehead atoms. The molecule has 2 aromatic carbocycles. The van der Waals surface area contributed by atoms with E-state index in [1.165, 1.54) is 11.6 Å². The van der Waals surface area contributed by atoms with Crippen LogP contribution in [-0.4, -0.2) is 27.5 Å². The molecule has 3 rings (SSSR count). The van der Waals surface area contributed by atoms with Crippen molar-refractivity contribution in [3.63, 3.8) is 0 Å². The van der Waals surface area contributed by atoms with Gasteiger partial charge in [0.05, 0.1) is 17.8 Å². The van der Waals surface area contributed by atoms with Crippen LogP contribution in [0, 0.1) is 0 Å². The maximum atomic E-state index is 12.8. The van der Waals surface area contributed by atoms with Gasteiger partial charge in [-0.2, -0.15) is 5.10 Å². The summed E-state index contributed by atoms with van der Waals surface area (Å²) in [5.74, 6) is -1.49. The van der Waals surface area contributed by atoms with Crippen LogP contribution >= 0.6 is 11.6 Å². The fourth-order valence-corrected chi connectivity index (χ4v) is 3.51. The zero-order chi connectivity index (χ0) is 24.0. The van der Waals surface area contributed by atoms with Crippen molar-refractivity contribution in [2.45, 2.75) is 39.3 Å². The minimum absolute atomic E-state index is 0.0232. The van der Waals surface area contributed by atoms with Crippen LogP contribution in [0.15, 0.2) is 53.3 Å². The average Bonchev–Trinajstić information content (AvgIpc) is 2.79. The molecular weight excluding hydrogens is 446 g/mol. The first-order chi connectivity index (χ1) is 15.8. The minimum Gasteiger partial charge on any atom is -0.349 e. The number of nitrogens with one attached hydrogen (secondary N) is 3. The van der Waals surface area contributed by atoms with E-state index in [2.05, 4.69) is 21.3 Å². The Morgan fingerprint density at radius 3 is 2.33 bits per heavy atom. The quantitative estimate of drug-likeness (QED) is 0.459. The number of carbonyl (C=O) groups excluding carboxylic acids is 3. The predicted molar refractivity (Wildman–Crippen MR) is 125 cm³/mol. The van der Waals surface area contributed by atoms with E-state index in [1.54, 1.807) is 48.5 Å². The van der Waals surface area contributed by atoms with Crippen LogP contribution in [0.1, 0.15) is 48.8 Å². The number of benzene rings is 2. The number of carbonyl (C=O) groups is 3. The van der Waals surface area contributed by atoms with Crippen molar-refractivity contribution in [2.75, 3.05) is 0 Å². The topological polar surface area (TPSA) is 122 Å². The van der Waals surface area contributed by atoms with Gasteiger partial charge in [0.1, 0.15) is 0 Å². The number of fused-ring (bicyclic) bond motifs is 1. The smallest absolute Gasteiger partial charge is 0.290 e. The SMILES string of the molecule is CCCn1nc(C(=O)NNC(=O)CC(NC(C)=O)c2ccc(Cl)cc2)c2ccccc2c1=O. The number of aryl methyl sites for hydroxylation is 1. The molecule has 1 unspecified atom stereocenters. The number of nitrogens with zero attached hydrogens (tertiary/aromatic N) is 2. The number of hydrogen-bond acceptors (Lipinski definition) is 5. The van der Waals surface area contributed by atoms with E-state index in [-0.39, 0.29) is 23.6 Å². The monoisotopic (exact) mass is 469 g/mol. The van der Waals surface area contributed by atoms with Crippen LogP contribution in [-0.2, 0) is 16.1 Å². The highest BCUT2D eigenvalue weighted by molar-refractivity contribution is 6.30. The molecule has 0 aliphatic carbocycles. The maximum absolute atomic E-state index is 12.8. The molecule has 1 heterocycles. The first-order valence-electron chi connectivity index (χ1n) is 10.4. The van der Waals surface area contributed by atoms with Crippen LogP contribution < -0.4 is 21.7 Å². The molecule has 0 radical (unpaired) electrons. The van der Waals surface area contributed by atoms with E-state index in [9.17, 15) is 19.2 Å². The highest BCUT2D eigenvalue weighted by atomic mass is 35.5. The second-order valence-corrected chi connectivity index (χ2v) is 7.87. The highest BCUT2D eigenvalue weighted by Crippen LogP contribution is 2.19. The summed E-state index contributed by atoms with van der Waals surface area (Å²) in [4.78, 5) is 49.5. The molecule has 0 saturated heterocycles. The van der Waals surface area contributed by atoms with Crippen LogP contribution in [0.4, 0.5) is 0 Å². The zero-order valence-corrected chi connectivity index (χ0v) is 19.0. The van der Waals surface area contributed by atoms with Crippen LogP contribution in [0.2, 0.25) is 5.02 Å². The van der Waals surface area contributed by atoms with Gasteiger partial charge in [0.25, 0.3) is 11.5 Å². The number of rotatable bonds is 7. The third kappa shape index (κ3) is 5.95. The predicted octanol–water partition coefficient (Wildman–Crippen LogP) is 2.49. The van der Waals surface area contributed by atoms with E-state index in [0.717, 1.165) is 0 Å². The molecule has 9 nitrogen and oxygen atoms in total. The summed E-state index contributed by atoms with van der Waals surface area (Å²) in [6.45, 7) is 3.61. The summed E-state index contributed by atoms with van der Waals surface area (Å²) < 4.78 is 1.24. The Balaban J connectivity index is 1.75. The van der Waals surface area contributed by atoms with Gasteiger partial charge in [-0.25, -0.2) is 4.68 Å². The Morgan fingerprint density at radius 1 is 1.03 bits per heavy atom. The van der Waals surface area contributed by atoms with Crippen molar-refractivity contribution in [1.82, 2.24) is 25.9 Å². The molecule has 1 aromatic heterocycles. The Labute approximate surface area is 195 Å². The average molecular weight is 470 g/mol. The zero-order valence-electron chi connectivity index (χ0n) is 18.2. The Bertz CT molecular complexity index is 1240. The van der Waals surface area contributed by atoms with E-state index in [1.807, 2.05) is 6.92 Å². The van der Waals surface area contributed by atoms with Gasteiger partial charge in [0.15, 0.2) is 5.69 Å². The van der Waals surface area contributed by atoms with Gasteiger partial charge in [-0.15, -0.1) is 0 Å². The van der Waals surface area contributed by atoms with Gasteiger partial charge in [-0.05, 0) is 30.2 Å². The fourth-order valence-electron chi connectivity index (χ4n) is 3.38. The van der Waals surface area contributed by atoms with Crippen molar-refractivity contribution in [2.24, 2.45) is 0 Å². The van der Waals surface area contributed by atoms with Crippen LogP contribution in [0.25, 0.3) is 10.8 Å². The number of hydrogen-bond donors (Lipinski definition) is 3. The van der Waals surface area contributed by atoms with E-state index in [0.29, 0.717) is 34.3 Å². The Kier molecular flexibility index (Phi) is 7.78. The van der Waals surface area contributed by atoms with Crippen molar-refractivity contribution in [3.05, 3.63) is 75.2 Å². The third-order valence-corrected chi connectivity index (χ3v) is 5.13.